The van der Waals surface area contributed by atoms with Crippen LogP contribution in [0.15, 0.2) is 41.3 Å². The Hall–Kier alpha value is -1.81. The first-order chi connectivity index (χ1) is 10.1. The highest BCUT2D eigenvalue weighted by molar-refractivity contribution is 7.99. The molecule has 0 aromatic heterocycles. The number of carbonyl (C=O) groups excluding carboxylic acids is 1. The molecule has 1 unspecified atom stereocenters. The lowest BCUT2D eigenvalue weighted by molar-refractivity contribution is -0.117. The highest BCUT2D eigenvalue weighted by Crippen LogP contribution is 2.39. The second kappa shape index (κ2) is 5.53. The molecule has 0 saturated carbocycles. The Morgan fingerprint density at radius 3 is 2.81 bits per heavy atom. The molecule has 1 amide bonds. The van der Waals surface area contributed by atoms with Crippen LogP contribution in [0.3, 0.4) is 0 Å². The van der Waals surface area contributed by atoms with E-state index in [4.69, 9.17) is 0 Å². The van der Waals surface area contributed by atoms with Crippen LogP contribution in [0.2, 0.25) is 0 Å². The van der Waals surface area contributed by atoms with Gasteiger partial charge in [0.15, 0.2) is 0 Å². The van der Waals surface area contributed by atoms with Crippen LogP contribution in [0, 0.1) is 19.7 Å². The summed E-state index contributed by atoms with van der Waals surface area (Å²) in [5.41, 5.74) is 3.08. The molecule has 1 aliphatic rings. The molecule has 2 aromatic rings. The second-order valence-corrected chi connectivity index (χ2v) is 6.37. The Kier molecular flexibility index (Phi) is 3.72. The molecule has 2 aromatic carbocycles. The number of amides is 1. The summed E-state index contributed by atoms with van der Waals surface area (Å²) in [4.78, 5) is 13.6. The molecule has 3 rings (SSSR count). The normalized spacial score (nSPS) is 16.6. The van der Waals surface area contributed by atoms with Crippen molar-refractivity contribution in [3.05, 3.63) is 58.9 Å². The molecule has 21 heavy (non-hydrogen) atoms. The second-order valence-electron chi connectivity index (χ2n) is 5.31. The maximum Gasteiger partial charge on any atom is 0.232 e. The lowest BCUT2D eigenvalue weighted by Crippen LogP contribution is -2.21. The van der Waals surface area contributed by atoms with Gasteiger partial charge in [0.25, 0.3) is 0 Å². The molecule has 0 aliphatic carbocycles. The van der Waals surface area contributed by atoms with Gasteiger partial charge in [-0.05, 0) is 42.7 Å². The van der Waals surface area contributed by atoms with Gasteiger partial charge in [-0.25, -0.2) is 4.39 Å². The first-order valence-corrected chi connectivity index (χ1v) is 7.84. The smallest absolute Gasteiger partial charge is 0.232 e. The number of benzene rings is 2. The Morgan fingerprint density at radius 2 is 2.00 bits per heavy atom. The Balaban J connectivity index is 1.84. The number of carbonyl (C=O) groups is 1. The van der Waals surface area contributed by atoms with Gasteiger partial charge in [-0.1, -0.05) is 24.3 Å². The molecule has 2 nitrogen and oxygen atoms in total. The fourth-order valence-electron chi connectivity index (χ4n) is 2.56. The fourth-order valence-corrected chi connectivity index (χ4v) is 3.79. The molecule has 0 fully saturated rings. The summed E-state index contributed by atoms with van der Waals surface area (Å²) in [6.45, 7) is 3.59. The molecule has 0 radical (unpaired) electrons. The number of fused-ring (bicyclic) bond motifs is 1. The zero-order valence-corrected chi connectivity index (χ0v) is 12.8. The van der Waals surface area contributed by atoms with Gasteiger partial charge in [0.05, 0.1) is 5.92 Å². The lowest BCUT2D eigenvalue weighted by Gasteiger charge is -2.14. The van der Waals surface area contributed by atoms with Crippen LogP contribution in [0.5, 0.6) is 0 Å². The number of thioether (sulfide) groups is 1. The Morgan fingerprint density at radius 1 is 1.24 bits per heavy atom. The molecule has 0 spiro atoms. The van der Waals surface area contributed by atoms with E-state index in [1.165, 1.54) is 6.07 Å². The van der Waals surface area contributed by atoms with Gasteiger partial charge in [0.1, 0.15) is 5.82 Å². The van der Waals surface area contributed by atoms with Crippen LogP contribution >= 0.6 is 11.8 Å². The third-order valence-corrected chi connectivity index (χ3v) is 4.96. The average molecular weight is 301 g/mol. The predicted molar refractivity (Wildman–Crippen MR) is 84.4 cm³/mol. The summed E-state index contributed by atoms with van der Waals surface area (Å²) in [6, 6.07) is 11.1. The molecule has 0 saturated heterocycles. The minimum atomic E-state index is -0.294. The minimum Gasteiger partial charge on any atom is -0.325 e. The third kappa shape index (κ3) is 2.68. The van der Waals surface area contributed by atoms with E-state index in [0.29, 0.717) is 11.3 Å². The maximum atomic E-state index is 13.7. The van der Waals surface area contributed by atoms with Gasteiger partial charge in [-0.2, -0.15) is 0 Å². The zero-order chi connectivity index (χ0) is 15.0. The van der Waals surface area contributed by atoms with E-state index >= 15 is 0 Å². The van der Waals surface area contributed by atoms with E-state index in [0.717, 1.165) is 21.8 Å². The van der Waals surface area contributed by atoms with Crippen molar-refractivity contribution in [2.45, 2.75) is 24.7 Å². The first kappa shape index (κ1) is 14.1. The summed E-state index contributed by atoms with van der Waals surface area (Å²) in [6.07, 6.45) is 0. The summed E-state index contributed by atoms with van der Waals surface area (Å²) in [5.74, 6) is 0.198. The molecule has 1 aliphatic heterocycles. The first-order valence-electron chi connectivity index (χ1n) is 6.85. The van der Waals surface area contributed by atoms with Crippen molar-refractivity contribution in [3.8, 4) is 0 Å². The molecule has 1 heterocycles. The van der Waals surface area contributed by atoms with Crippen molar-refractivity contribution < 1.29 is 9.18 Å². The van der Waals surface area contributed by atoms with Crippen molar-refractivity contribution in [3.63, 3.8) is 0 Å². The SMILES string of the molecule is Cc1cc(C)c(NC(=O)C2CSc3ccccc32)cc1F. The van der Waals surface area contributed by atoms with Gasteiger partial charge in [0, 0.05) is 16.3 Å². The van der Waals surface area contributed by atoms with E-state index in [-0.39, 0.29) is 17.6 Å². The summed E-state index contributed by atoms with van der Waals surface area (Å²) in [5, 5.41) is 2.87. The molecule has 1 N–H and O–H groups in total. The highest BCUT2D eigenvalue weighted by atomic mass is 32.2. The number of rotatable bonds is 2. The fraction of sp³-hybridized carbons (Fsp3) is 0.235. The number of nitrogens with one attached hydrogen (secondary N) is 1. The lowest BCUT2D eigenvalue weighted by atomic mass is 10.00. The molecular weight excluding hydrogens is 285 g/mol. The molecule has 0 bridgehead atoms. The maximum absolute atomic E-state index is 13.7. The van der Waals surface area contributed by atoms with Gasteiger partial charge < -0.3 is 5.32 Å². The third-order valence-electron chi connectivity index (χ3n) is 3.78. The molecular formula is C17H16FNOS. The summed E-state index contributed by atoms with van der Waals surface area (Å²) in [7, 11) is 0. The van der Waals surface area contributed by atoms with Crippen molar-refractivity contribution in [1.82, 2.24) is 0 Å². The average Bonchev–Trinajstić information content (AvgIpc) is 2.88. The monoisotopic (exact) mass is 301 g/mol. The molecule has 1 atom stereocenters. The van der Waals surface area contributed by atoms with Crippen LogP contribution in [-0.4, -0.2) is 11.7 Å². The van der Waals surface area contributed by atoms with Crippen LogP contribution in [0.25, 0.3) is 0 Å². The summed E-state index contributed by atoms with van der Waals surface area (Å²) >= 11 is 1.69. The zero-order valence-electron chi connectivity index (χ0n) is 11.9. The van der Waals surface area contributed by atoms with E-state index < -0.39 is 0 Å². The van der Waals surface area contributed by atoms with Crippen LogP contribution in [0.4, 0.5) is 10.1 Å². The van der Waals surface area contributed by atoms with Crippen LogP contribution in [0.1, 0.15) is 22.6 Å². The number of anilines is 1. The minimum absolute atomic E-state index is 0.0706. The molecule has 108 valence electrons. The van der Waals surface area contributed by atoms with E-state index in [9.17, 15) is 9.18 Å². The van der Waals surface area contributed by atoms with E-state index in [1.54, 1.807) is 24.8 Å². The van der Waals surface area contributed by atoms with E-state index in [2.05, 4.69) is 5.32 Å². The standard InChI is InChI=1S/C17H16FNOS/c1-10-7-11(2)15(8-14(10)18)19-17(20)13-9-21-16-6-4-3-5-12(13)16/h3-8,13H,9H2,1-2H3,(H,19,20). The quantitative estimate of drug-likeness (QED) is 0.897. The largest absolute Gasteiger partial charge is 0.325 e. The topological polar surface area (TPSA) is 29.1 Å². The van der Waals surface area contributed by atoms with E-state index in [1.807, 2.05) is 31.2 Å². The summed E-state index contributed by atoms with van der Waals surface area (Å²) < 4.78 is 13.7. The Labute approximate surface area is 127 Å². The predicted octanol–water partition coefficient (Wildman–Crippen LogP) is 4.27. The number of aryl methyl sites for hydroxylation is 2. The van der Waals surface area contributed by atoms with Crippen LogP contribution in [-0.2, 0) is 4.79 Å². The van der Waals surface area contributed by atoms with Gasteiger partial charge >= 0.3 is 0 Å². The van der Waals surface area contributed by atoms with Crippen molar-refractivity contribution >= 4 is 23.4 Å². The van der Waals surface area contributed by atoms with Crippen molar-refractivity contribution in [2.24, 2.45) is 0 Å². The number of hydrogen-bond acceptors (Lipinski definition) is 2. The Bertz CT molecular complexity index is 714. The van der Waals surface area contributed by atoms with Crippen molar-refractivity contribution in [2.75, 3.05) is 11.1 Å². The molecule has 4 heteroatoms. The number of halogens is 1. The van der Waals surface area contributed by atoms with Gasteiger partial charge in [-0.15, -0.1) is 11.8 Å². The van der Waals surface area contributed by atoms with Crippen molar-refractivity contribution in [1.29, 1.82) is 0 Å². The highest BCUT2D eigenvalue weighted by Gasteiger charge is 2.29. The van der Waals surface area contributed by atoms with Gasteiger partial charge in [-0.3, -0.25) is 4.79 Å². The van der Waals surface area contributed by atoms with Crippen LogP contribution < -0.4 is 5.32 Å². The van der Waals surface area contributed by atoms with Gasteiger partial charge in [0.2, 0.25) is 5.91 Å². The number of hydrogen-bond donors (Lipinski definition) is 1.